The van der Waals surface area contributed by atoms with E-state index in [1.54, 1.807) is 0 Å². The number of hydrogen-bond acceptors (Lipinski definition) is 3. The van der Waals surface area contributed by atoms with Gasteiger partial charge in [-0.2, -0.15) is 5.26 Å². The summed E-state index contributed by atoms with van der Waals surface area (Å²) >= 11 is 3.09. The Morgan fingerprint density at radius 2 is 2.36 bits per heavy atom. The lowest BCUT2D eigenvalue weighted by Crippen LogP contribution is -1.76. The van der Waals surface area contributed by atoms with E-state index in [1.807, 2.05) is 13.1 Å². The fourth-order valence-electron chi connectivity index (χ4n) is 0.649. The number of H-pyrrole nitrogens is 1. The zero-order chi connectivity index (χ0) is 8.69. The molecule has 3 nitrogen and oxygen atoms in total. The summed E-state index contributed by atoms with van der Waals surface area (Å²) in [5, 5.41) is 8.63. The smallest absolute Gasteiger partial charge is 0.130 e. The molecule has 1 aromatic heterocycles. The first-order valence-corrected chi connectivity index (χ1v) is 3.73. The van der Waals surface area contributed by atoms with Crippen LogP contribution in [0.4, 0.5) is 0 Å². The Balaban J connectivity index is 0.000000292. The number of thiol groups is 1. The number of nitrogens with one attached hydrogen (secondary N) is 1. The molecule has 0 unspecified atom stereocenters. The second kappa shape index (κ2) is 5.81. The molecule has 1 aromatic rings. The van der Waals surface area contributed by atoms with Gasteiger partial charge in [0.15, 0.2) is 0 Å². The molecule has 0 atom stereocenters. The van der Waals surface area contributed by atoms with Crippen molar-refractivity contribution in [2.75, 3.05) is 0 Å². The van der Waals surface area contributed by atoms with Crippen molar-refractivity contribution in [3.05, 3.63) is 17.7 Å². The van der Waals surface area contributed by atoms with Gasteiger partial charge in [-0.25, -0.2) is 4.98 Å². The molecule has 0 radical (unpaired) electrons. The van der Waals surface area contributed by atoms with E-state index in [9.17, 15) is 0 Å². The molecule has 1 heterocycles. The summed E-state index contributed by atoms with van der Waals surface area (Å²) in [7, 11) is 0. The van der Waals surface area contributed by atoms with Crippen LogP contribution in [0.2, 0.25) is 0 Å². The van der Waals surface area contributed by atoms with Gasteiger partial charge in [-0.15, -0.1) is 0 Å². The Hall–Kier alpha value is -0.950. The number of aryl methyl sites for hydroxylation is 2. The summed E-state index contributed by atoms with van der Waals surface area (Å²) in [6.45, 7) is 4.05. The number of thiocyanates is 1. The van der Waals surface area contributed by atoms with Crippen molar-refractivity contribution >= 4 is 12.6 Å². The van der Waals surface area contributed by atoms with Gasteiger partial charge in [0.2, 0.25) is 0 Å². The standard InChI is InChI=1S/C6H10N2.CHNS/c1-3-6-4-7-5(2)8-6;2-1-3/h4H,3H2,1-2H3,(H,7,8);3H. The van der Waals surface area contributed by atoms with Crippen LogP contribution in [-0.4, -0.2) is 9.97 Å². The number of nitrogens with zero attached hydrogens (tertiary/aromatic N) is 2. The van der Waals surface area contributed by atoms with Crippen LogP contribution in [-0.2, 0) is 6.42 Å². The highest BCUT2D eigenvalue weighted by Crippen LogP contribution is 1.94. The minimum Gasteiger partial charge on any atom is -0.349 e. The van der Waals surface area contributed by atoms with Crippen molar-refractivity contribution < 1.29 is 0 Å². The van der Waals surface area contributed by atoms with E-state index < -0.39 is 0 Å². The van der Waals surface area contributed by atoms with Crippen LogP contribution >= 0.6 is 12.6 Å². The van der Waals surface area contributed by atoms with E-state index in [1.165, 1.54) is 5.40 Å². The lowest BCUT2D eigenvalue weighted by Gasteiger charge is -1.79. The third kappa shape index (κ3) is 4.45. The largest absolute Gasteiger partial charge is 0.349 e. The van der Waals surface area contributed by atoms with Crippen LogP contribution in [0.15, 0.2) is 6.20 Å². The lowest BCUT2D eigenvalue weighted by atomic mass is 10.4. The molecule has 0 saturated carbocycles. The zero-order valence-corrected chi connectivity index (χ0v) is 7.52. The lowest BCUT2D eigenvalue weighted by molar-refractivity contribution is 1.04. The number of aromatic nitrogens is 2. The van der Waals surface area contributed by atoms with E-state index in [-0.39, 0.29) is 0 Å². The Labute approximate surface area is 71.9 Å². The van der Waals surface area contributed by atoms with E-state index in [0.717, 1.165) is 17.9 Å². The first-order chi connectivity index (χ1) is 5.24. The van der Waals surface area contributed by atoms with Crippen molar-refractivity contribution in [2.24, 2.45) is 0 Å². The molecule has 60 valence electrons. The highest BCUT2D eigenvalue weighted by molar-refractivity contribution is 7.85. The first kappa shape index (κ1) is 10.0. The summed E-state index contributed by atoms with van der Waals surface area (Å²) in [4.78, 5) is 7.18. The SMILES string of the molecule is CCc1c[nH]c(C)n1.N#CS. The normalized spacial score (nSPS) is 7.82. The fraction of sp³-hybridized carbons (Fsp3) is 0.429. The van der Waals surface area contributed by atoms with Crippen LogP contribution in [0, 0.1) is 17.6 Å². The van der Waals surface area contributed by atoms with Gasteiger partial charge in [0, 0.05) is 6.20 Å². The van der Waals surface area contributed by atoms with Crippen molar-refractivity contribution in [1.82, 2.24) is 9.97 Å². The predicted molar refractivity (Wildman–Crippen MR) is 47.3 cm³/mol. The highest BCUT2D eigenvalue weighted by Gasteiger charge is 1.89. The monoisotopic (exact) mass is 169 g/mol. The second-order valence-electron chi connectivity index (χ2n) is 1.93. The summed E-state index contributed by atoms with van der Waals surface area (Å²) in [6.07, 6.45) is 2.96. The third-order valence-corrected chi connectivity index (χ3v) is 1.12. The van der Waals surface area contributed by atoms with Crippen molar-refractivity contribution in [3.8, 4) is 5.40 Å². The molecular formula is C7H11N3S. The molecule has 0 aliphatic carbocycles. The van der Waals surface area contributed by atoms with Crippen LogP contribution in [0.25, 0.3) is 0 Å². The van der Waals surface area contributed by atoms with Crippen molar-refractivity contribution in [2.45, 2.75) is 20.3 Å². The predicted octanol–water partition coefficient (Wildman–Crippen LogP) is 1.68. The average Bonchev–Trinajstić information content (AvgIpc) is 2.37. The third-order valence-electron chi connectivity index (χ3n) is 1.12. The molecule has 11 heavy (non-hydrogen) atoms. The maximum Gasteiger partial charge on any atom is 0.130 e. The van der Waals surface area contributed by atoms with Gasteiger partial charge in [0.1, 0.15) is 11.2 Å². The molecule has 0 bridgehead atoms. The summed E-state index contributed by atoms with van der Waals surface area (Å²) in [5.41, 5.74) is 1.14. The number of nitriles is 1. The minimum absolute atomic E-state index is 1.00. The Bertz CT molecular complexity index is 236. The van der Waals surface area contributed by atoms with Crippen LogP contribution in [0.3, 0.4) is 0 Å². The van der Waals surface area contributed by atoms with Gasteiger partial charge in [-0.3, -0.25) is 0 Å². The quantitative estimate of drug-likeness (QED) is 0.496. The van der Waals surface area contributed by atoms with Crippen LogP contribution in [0.5, 0.6) is 0 Å². The maximum absolute atomic E-state index is 7.18. The topological polar surface area (TPSA) is 52.5 Å². The van der Waals surface area contributed by atoms with Gasteiger partial charge >= 0.3 is 0 Å². The van der Waals surface area contributed by atoms with Gasteiger partial charge < -0.3 is 4.98 Å². The highest BCUT2D eigenvalue weighted by atomic mass is 32.1. The Kier molecular flexibility index (Phi) is 5.30. The molecule has 0 fully saturated rings. The molecule has 0 amide bonds. The van der Waals surface area contributed by atoms with Gasteiger partial charge in [-0.05, 0) is 13.3 Å². The Morgan fingerprint density at radius 1 is 1.82 bits per heavy atom. The Morgan fingerprint density at radius 3 is 2.55 bits per heavy atom. The first-order valence-electron chi connectivity index (χ1n) is 3.28. The van der Waals surface area contributed by atoms with E-state index in [4.69, 9.17) is 5.26 Å². The number of hydrogen-bond donors (Lipinski definition) is 2. The maximum atomic E-state index is 7.18. The molecular weight excluding hydrogens is 158 g/mol. The van der Waals surface area contributed by atoms with E-state index in [0.29, 0.717) is 0 Å². The van der Waals surface area contributed by atoms with E-state index >= 15 is 0 Å². The van der Waals surface area contributed by atoms with Crippen molar-refractivity contribution in [3.63, 3.8) is 0 Å². The number of aromatic amines is 1. The average molecular weight is 169 g/mol. The molecule has 0 spiro atoms. The van der Waals surface area contributed by atoms with Gasteiger partial charge in [-0.1, -0.05) is 19.6 Å². The number of rotatable bonds is 1. The molecule has 0 aliphatic heterocycles. The fourth-order valence-corrected chi connectivity index (χ4v) is 0.649. The van der Waals surface area contributed by atoms with Gasteiger partial charge in [0.25, 0.3) is 0 Å². The molecule has 1 rings (SSSR count). The summed E-state index contributed by atoms with van der Waals surface area (Å²) in [5.74, 6) is 1.00. The summed E-state index contributed by atoms with van der Waals surface area (Å²) in [6, 6.07) is 0. The van der Waals surface area contributed by atoms with Gasteiger partial charge in [0.05, 0.1) is 5.69 Å². The zero-order valence-electron chi connectivity index (χ0n) is 6.63. The molecule has 0 aromatic carbocycles. The summed E-state index contributed by atoms with van der Waals surface area (Å²) < 4.78 is 0. The molecule has 0 aliphatic rings. The minimum atomic E-state index is 1.00. The van der Waals surface area contributed by atoms with E-state index in [2.05, 4.69) is 29.5 Å². The van der Waals surface area contributed by atoms with Crippen molar-refractivity contribution in [1.29, 1.82) is 5.26 Å². The van der Waals surface area contributed by atoms with Crippen LogP contribution in [0.1, 0.15) is 18.4 Å². The number of imidazole rings is 1. The van der Waals surface area contributed by atoms with Crippen LogP contribution < -0.4 is 0 Å². The second-order valence-corrected chi connectivity index (χ2v) is 2.13. The molecule has 4 heteroatoms. The molecule has 0 saturated heterocycles. The molecule has 1 N–H and O–H groups in total.